The molecule has 10 heteroatoms. The maximum Gasteiger partial charge on any atom is 0.241 e. The van der Waals surface area contributed by atoms with E-state index >= 15 is 0 Å². The summed E-state index contributed by atoms with van der Waals surface area (Å²) in [6, 6.07) is 17.5. The lowest BCUT2D eigenvalue weighted by Crippen LogP contribution is -2.44. The molecule has 0 spiro atoms. The van der Waals surface area contributed by atoms with E-state index in [2.05, 4.69) is 20.3 Å². The molecule has 0 unspecified atom stereocenters. The molecule has 2 aromatic carbocycles. The van der Waals surface area contributed by atoms with Gasteiger partial charge in [-0.1, -0.05) is 18.2 Å². The fourth-order valence-corrected chi connectivity index (χ4v) is 4.21. The topological polar surface area (TPSA) is 126 Å². The van der Waals surface area contributed by atoms with Crippen LogP contribution in [0.1, 0.15) is 25.1 Å². The molecular formula is C24H26N4O5S. The minimum atomic E-state index is -3.92. The Morgan fingerprint density at radius 1 is 1.03 bits per heavy atom. The van der Waals surface area contributed by atoms with E-state index in [0.29, 0.717) is 18.0 Å². The Bertz CT molecular complexity index is 1230. The van der Waals surface area contributed by atoms with Crippen LogP contribution in [0.2, 0.25) is 0 Å². The maximum absolute atomic E-state index is 12.6. The molecule has 1 atom stereocenters. The maximum atomic E-state index is 12.6. The number of nitrogens with one attached hydrogen (secondary N) is 3. The molecule has 9 nitrogen and oxygen atoms in total. The van der Waals surface area contributed by atoms with Crippen LogP contribution in [0.4, 0.5) is 5.69 Å². The van der Waals surface area contributed by atoms with Gasteiger partial charge in [0, 0.05) is 25.4 Å². The van der Waals surface area contributed by atoms with Crippen LogP contribution in [0, 0.1) is 0 Å². The van der Waals surface area contributed by atoms with Gasteiger partial charge in [-0.15, -0.1) is 0 Å². The first-order valence-corrected chi connectivity index (χ1v) is 12.0. The first-order valence-electron chi connectivity index (χ1n) is 10.5. The van der Waals surface area contributed by atoms with Crippen LogP contribution < -0.4 is 20.1 Å². The number of anilines is 1. The first kappa shape index (κ1) is 24.9. The summed E-state index contributed by atoms with van der Waals surface area (Å²) < 4.78 is 33.3. The van der Waals surface area contributed by atoms with Gasteiger partial charge in [-0.25, -0.2) is 8.42 Å². The predicted molar refractivity (Wildman–Crippen MR) is 127 cm³/mol. The van der Waals surface area contributed by atoms with Crippen LogP contribution in [0.15, 0.2) is 77.8 Å². The number of amides is 2. The van der Waals surface area contributed by atoms with Gasteiger partial charge in [-0.05, 0) is 61.0 Å². The average molecular weight is 483 g/mol. The highest BCUT2D eigenvalue weighted by atomic mass is 32.2. The second-order valence-corrected chi connectivity index (χ2v) is 9.24. The van der Waals surface area contributed by atoms with E-state index in [4.69, 9.17) is 4.74 Å². The second kappa shape index (κ2) is 11.4. The number of carbonyl (C=O) groups excluding carboxylic acids is 2. The molecule has 0 fully saturated rings. The number of hydrogen-bond donors (Lipinski definition) is 3. The third-order valence-electron chi connectivity index (χ3n) is 4.69. The van der Waals surface area contributed by atoms with Gasteiger partial charge in [0.15, 0.2) is 0 Å². The summed E-state index contributed by atoms with van der Waals surface area (Å²) >= 11 is 0. The van der Waals surface area contributed by atoms with Gasteiger partial charge in [0.05, 0.1) is 16.6 Å². The Morgan fingerprint density at radius 3 is 2.47 bits per heavy atom. The summed E-state index contributed by atoms with van der Waals surface area (Å²) in [6.07, 6.45) is 1.70. The lowest BCUT2D eigenvalue weighted by molar-refractivity contribution is -0.122. The molecule has 3 rings (SSSR count). The van der Waals surface area contributed by atoms with Gasteiger partial charge in [0.2, 0.25) is 21.8 Å². The summed E-state index contributed by atoms with van der Waals surface area (Å²) in [5, 5.41) is 5.29. The van der Waals surface area contributed by atoms with Crippen molar-refractivity contribution in [3.63, 3.8) is 0 Å². The zero-order chi connectivity index (χ0) is 24.6. The molecule has 0 bridgehead atoms. The van der Waals surface area contributed by atoms with Crippen molar-refractivity contribution in [2.45, 2.75) is 37.9 Å². The summed E-state index contributed by atoms with van der Waals surface area (Å²) in [4.78, 5) is 27.8. The van der Waals surface area contributed by atoms with Crippen LogP contribution >= 0.6 is 0 Å². The van der Waals surface area contributed by atoms with Crippen LogP contribution in [0.5, 0.6) is 5.75 Å². The van der Waals surface area contributed by atoms with Crippen molar-refractivity contribution in [1.82, 2.24) is 15.0 Å². The number of sulfonamides is 1. The standard InChI is InChI=1S/C24H26N4O5S/c1-17(28-34(31,32)23-11-9-20(10-12-23)27-18(2)29)24(30)26-15-19-6-5-8-22(14-19)33-16-21-7-3-4-13-25-21/h3-14,17,28H,15-16H2,1-2H3,(H,26,30)(H,27,29)/t17-/m0/s1. The van der Waals surface area contributed by atoms with Crippen molar-refractivity contribution in [2.75, 3.05) is 5.32 Å². The number of carbonyl (C=O) groups is 2. The molecule has 0 radical (unpaired) electrons. The number of benzene rings is 2. The van der Waals surface area contributed by atoms with Crippen molar-refractivity contribution in [3.8, 4) is 5.75 Å². The van der Waals surface area contributed by atoms with Crippen molar-refractivity contribution in [2.24, 2.45) is 0 Å². The number of nitrogens with zero attached hydrogens (tertiary/aromatic N) is 1. The molecule has 3 N–H and O–H groups in total. The molecule has 178 valence electrons. The van der Waals surface area contributed by atoms with E-state index in [1.807, 2.05) is 36.4 Å². The van der Waals surface area contributed by atoms with Gasteiger partial charge in [-0.2, -0.15) is 4.72 Å². The SMILES string of the molecule is CC(=O)Nc1ccc(S(=O)(=O)N[C@@H](C)C(=O)NCc2cccc(OCc3ccccn3)c2)cc1. The first-order chi connectivity index (χ1) is 16.2. The fourth-order valence-electron chi connectivity index (χ4n) is 3.00. The van der Waals surface area contributed by atoms with Crippen LogP contribution in [0.3, 0.4) is 0 Å². The quantitative estimate of drug-likeness (QED) is 0.408. The molecule has 0 saturated carbocycles. The zero-order valence-electron chi connectivity index (χ0n) is 18.8. The predicted octanol–water partition coefficient (Wildman–Crippen LogP) is 2.60. The van der Waals surface area contributed by atoms with E-state index in [1.165, 1.54) is 38.1 Å². The molecule has 0 saturated heterocycles. The highest BCUT2D eigenvalue weighted by Gasteiger charge is 2.22. The Hall–Kier alpha value is -3.76. The minimum Gasteiger partial charge on any atom is -0.487 e. The highest BCUT2D eigenvalue weighted by Crippen LogP contribution is 2.16. The van der Waals surface area contributed by atoms with E-state index in [-0.39, 0.29) is 17.3 Å². The number of pyridine rings is 1. The van der Waals surface area contributed by atoms with Crippen LogP contribution in [-0.2, 0) is 32.8 Å². The second-order valence-electron chi connectivity index (χ2n) is 7.52. The number of ether oxygens (including phenoxy) is 1. The Labute approximate surface area is 198 Å². The van der Waals surface area contributed by atoms with E-state index in [0.717, 1.165) is 11.3 Å². The van der Waals surface area contributed by atoms with Gasteiger partial charge in [0.25, 0.3) is 0 Å². The lowest BCUT2D eigenvalue weighted by Gasteiger charge is -2.15. The molecule has 0 aliphatic carbocycles. The number of aromatic nitrogens is 1. The molecule has 0 aliphatic heterocycles. The third kappa shape index (κ3) is 7.39. The molecule has 0 aliphatic rings. The average Bonchev–Trinajstić information content (AvgIpc) is 2.82. The van der Waals surface area contributed by atoms with Crippen molar-refractivity contribution < 1.29 is 22.7 Å². The van der Waals surface area contributed by atoms with E-state index in [1.54, 1.807) is 12.3 Å². The third-order valence-corrected chi connectivity index (χ3v) is 6.24. The summed E-state index contributed by atoms with van der Waals surface area (Å²) in [7, 11) is -3.92. The Kier molecular flexibility index (Phi) is 8.34. The zero-order valence-corrected chi connectivity index (χ0v) is 19.6. The summed E-state index contributed by atoms with van der Waals surface area (Å²) in [5.41, 5.74) is 2.08. The molecule has 3 aromatic rings. The highest BCUT2D eigenvalue weighted by molar-refractivity contribution is 7.89. The summed E-state index contributed by atoms with van der Waals surface area (Å²) in [6.45, 7) is 3.35. The van der Waals surface area contributed by atoms with Crippen molar-refractivity contribution >= 4 is 27.5 Å². The molecule has 1 aromatic heterocycles. The molecule has 1 heterocycles. The summed E-state index contributed by atoms with van der Waals surface area (Å²) in [5.74, 6) is -0.101. The fraction of sp³-hybridized carbons (Fsp3) is 0.208. The molecule has 2 amide bonds. The Balaban J connectivity index is 1.52. The number of rotatable bonds is 10. The van der Waals surface area contributed by atoms with E-state index < -0.39 is 22.0 Å². The molecule has 34 heavy (non-hydrogen) atoms. The van der Waals surface area contributed by atoms with Gasteiger partial charge >= 0.3 is 0 Å². The van der Waals surface area contributed by atoms with Gasteiger partial charge < -0.3 is 15.4 Å². The van der Waals surface area contributed by atoms with E-state index in [9.17, 15) is 18.0 Å². The smallest absolute Gasteiger partial charge is 0.241 e. The van der Waals surface area contributed by atoms with Crippen molar-refractivity contribution in [3.05, 3.63) is 84.2 Å². The van der Waals surface area contributed by atoms with Crippen LogP contribution in [-0.4, -0.2) is 31.3 Å². The van der Waals surface area contributed by atoms with Gasteiger partial charge in [-0.3, -0.25) is 14.6 Å². The number of hydrogen-bond acceptors (Lipinski definition) is 6. The monoisotopic (exact) mass is 482 g/mol. The largest absolute Gasteiger partial charge is 0.487 e. The van der Waals surface area contributed by atoms with Crippen LogP contribution in [0.25, 0.3) is 0 Å². The Morgan fingerprint density at radius 2 is 1.79 bits per heavy atom. The lowest BCUT2D eigenvalue weighted by atomic mass is 10.2. The van der Waals surface area contributed by atoms with Crippen molar-refractivity contribution in [1.29, 1.82) is 0 Å². The minimum absolute atomic E-state index is 0.0148. The normalized spacial score (nSPS) is 11.9. The molecular weight excluding hydrogens is 456 g/mol. The van der Waals surface area contributed by atoms with Gasteiger partial charge in [0.1, 0.15) is 12.4 Å².